The summed E-state index contributed by atoms with van der Waals surface area (Å²) in [7, 11) is -2.98. The Morgan fingerprint density at radius 1 is 1.14 bits per heavy atom. The van der Waals surface area contributed by atoms with E-state index in [9.17, 15) is 8.42 Å². The van der Waals surface area contributed by atoms with Gasteiger partial charge in [-0.25, -0.2) is 8.42 Å². The maximum absolute atomic E-state index is 11.8. The fraction of sp³-hybridized carbons (Fsp3) is 1.00. The molecule has 1 saturated carbocycles. The van der Waals surface area contributed by atoms with Gasteiger partial charge in [0.2, 0.25) is 10.0 Å². The van der Waals surface area contributed by atoms with Gasteiger partial charge in [-0.15, -0.1) is 0 Å². The number of rotatable bonds is 4. The lowest BCUT2D eigenvalue weighted by Crippen LogP contribution is -2.41. The normalized spacial score (nSPS) is 20.2. The topological polar surface area (TPSA) is 37.4 Å². The minimum Gasteiger partial charge on any atom is -0.212 e. The summed E-state index contributed by atoms with van der Waals surface area (Å²) in [4.78, 5) is 0. The molecule has 0 aromatic carbocycles. The Balaban J connectivity index is 2.70. The van der Waals surface area contributed by atoms with Crippen LogP contribution in [0.5, 0.6) is 0 Å². The molecule has 0 atom stereocenters. The predicted octanol–water partition coefficient (Wildman–Crippen LogP) is 1.99. The molecule has 1 aliphatic carbocycles. The number of hydrogen-bond acceptors (Lipinski definition) is 2. The Morgan fingerprint density at radius 2 is 1.71 bits per heavy atom. The largest absolute Gasteiger partial charge is 0.214 e. The standard InChI is InChI=1S/C10H21NO2S/c1-3-11(14(12,13)4-2)10-8-6-5-7-9-10/h10H,3-9H2,1-2H3. The van der Waals surface area contributed by atoms with Crippen LogP contribution in [-0.4, -0.2) is 31.1 Å². The summed E-state index contributed by atoms with van der Waals surface area (Å²) in [6, 6.07) is 0.277. The van der Waals surface area contributed by atoms with Gasteiger partial charge in [0.05, 0.1) is 5.75 Å². The van der Waals surface area contributed by atoms with Crippen LogP contribution >= 0.6 is 0 Å². The van der Waals surface area contributed by atoms with Crippen molar-refractivity contribution in [3.63, 3.8) is 0 Å². The lowest BCUT2D eigenvalue weighted by atomic mass is 9.95. The quantitative estimate of drug-likeness (QED) is 0.725. The maximum atomic E-state index is 11.8. The first-order valence-corrected chi connectivity index (χ1v) is 7.22. The van der Waals surface area contributed by atoms with E-state index in [2.05, 4.69) is 0 Å². The molecule has 0 N–H and O–H groups in total. The van der Waals surface area contributed by atoms with Crippen LogP contribution in [0.25, 0.3) is 0 Å². The summed E-state index contributed by atoms with van der Waals surface area (Å²) in [5, 5.41) is 0. The zero-order valence-electron chi connectivity index (χ0n) is 9.20. The molecule has 1 aliphatic rings. The second-order valence-corrected chi connectivity index (χ2v) is 6.11. The monoisotopic (exact) mass is 219 g/mol. The van der Waals surface area contributed by atoms with Crippen LogP contribution in [0.1, 0.15) is 46.0 Å². The first kappa shape index (κ1) is 12.0. The van der Waals surface area contributed by atoms with E-state index in [1.165, 1.54) is 19.3 Å². The van der Waals surface area contributed by atoms with E-state index in [1.54, 1.807) is 11.2 Å². The molecule has 0 spiro atoms. The van der Waals surface area contributed by atoms with Gasteiger partial charge in [-0.3, -0.25) is 0 Å². The average Bonchev–Trinajstić information content (AvgIpc) is 2.20. The summed E-state index contributed by atoms with van der Waals surface area (Å²) < 4.78 is 25.2. The van der Waals surface area contributed by atoms with E-state index in [0.29, 0.717) is 6.54 Å². The molecule has 0 aromatic heterocycles. The first-order chi connectivity index (χ1) is 6.61. The molecule has 0 unspecified atom stereocenters. The molecular formula is C10H21NO2S. The van der Waals surface area contributed by atoms with Crippen LogP contribution in [0.15, 0.2) is 0 Å². The Hall–Kier alpha value is -0.0900. The Morgan fingerprint density at radius 3 is 2.14 bits per heavy atom. The van der Waals surface area contributed by atoms with Crippen molar-refractivity contribution < 1.29 is 8.42 Å². The zero-order chi connectivity index (χ0) is 10.6. The van der Waals surface area contributed by atoms with Gasteiger partial charge >= 0.3 is 0 Å². The third-order valence-corrected chi connectivity index (χ3v) is 5.02. The second-order valence-electron chi connectivity index (χ2n) is 3.90. The Labute approximate surface area is 87.5 Å². The van der Waals surface area contributed by atoms with Crippen molar-refractivity contribution in [3.8, 4) is 0 Å². The van der Waals surface area contributed by atoms with Crippen molar-refractivity contribution in [2.45, 2.75) is 52.0 Å². The average molecular weight is 219 g/mol. The van der Waals surface area contributed by atoms with E-state index in [4.69, 9.17) is 0 Å². The van der Waals surface area contributed by atoms with E-state index >= 15 is 0 Å². The number of sulfonamides is 1. The van der Waals surface area contributed by atoms with Crippen molar-refractivity contribution >= 4 is 10.0 Å². The van der Waals surface area contributed by atoms with Crippen LogP contribution in [0.3, 0.4) is 0 Å². The van der Waals surface area contributed by atoms with Crippen molar-refractivity contribution in [3.05, 3.63) is 0 Å². The lowest BCUT2D eigenvalue weighted by Gasteiger charge is -2.32. The molecular weight excluding hydrogens is 198 g/mol. The Kier molecular flexibility index (Phi) is 4.38. The molecule has 4 heteroatoms. The smallest absolute Gasteiger partial charge is 0.212 e. The second kappa shape index (κ2) is 5.12. The molecule has 0 amide bonds. The highest BCUT2D eigenvalue weighted by Crippen LogP contribution is 2.24. The van der Waals surface area contributed by atoms with Crippen molar-refractivity contribution in [1.82, 2.24) is 4.31 Å². The van der Waals surface area contributed by atoms with Crippen molar-refractivity contribution in [2.75, 3.05) is 12.3 Å². The van der Waals surface area contributed by atoms with E-state index in [1.807, 2.05) is 6.92 Å². The van der Waals surface area contributed by atoms with Crippen molar-refractivity contribution in [2.24, 2.45) is 0 Å². The van der Waals surface area contributed by atoms with Crippen LogP contribution < -0.4 is 0 Å². The van der Waals surface area contributed by atoms with Crippen molar-refractivity contribution in [1.29, 1.82) is 0 Å². The third-order valence-electron chi connectivity index (χ3n) is 3.02. The van der Waals surface area contributed by atoms with Gasteiger partial charge in [-0.05, 0) is 19.8 Å². The zero-order valence-corrected chi connectivity index (χ0v) is 10.0. The Bertz CT molecular complexity index is 255. The molecule has 84 valence electrons. The summed E-state index contributed by atoms with van der Waals surface area (Å²) >= 11 is 0. The van der Waals surface area contributed by atoms with Gasteiger partial charge in [-0.1, -0.05) is 26.2 Å². The van der Waals surface area contributed by atoms with Gasteiger partial charge in [0.15, 0.2) is 0 Å². The summed E-state index contributed by atoms with van der Waals surface area (Å²) in [5.41, 5.74) is 0. The SMILES string of the molecule is CCN(C1CCCCC1)S(=O)(=O)CC. The minimum absolute atomic E-state index is 0.233. The van der Waals surface area contributed by atoms with E-state index < -0.39 is 10.0 Å². The molecule has 1 fully saturated rings. The first-order valence-electron chi connectivity index (χ1n) is 5.61. The van der Waals surface area contributed by atoms with Gasteiger partial charge in [0.25, 0.3) is 0 Å². The minimum atomic E-state index is -2.98. The van der Waals surface area contributed by atoms with Crippen LogP contribution in [0.2, 0.25) is 0 Å². The third kappa shape index (κ3) is 2.70. The lowest BCUT2D eigenvalue weighted by molar-refractivity contribution is 0.261. The highest BCUT2D eigenvalue weighted by molar-refractivity contribution is 7.89. The maximum Gasteiger partial charge on any atom is 0.214 e. The van der Waals surface area contributed by atoms with E-state index in [0.717, 1.165) is 12.8 Å². The van der Waals surface area contributed by atoms with Gasteiger partial charge in [-0.2, -0.15) is 4.31 Å². The molecule has 1 rings (SSSR count). The fourth-order valence-corrected chi connectivity index (χ4v) is 3.61. The summed E-state index contributed by atoms with van der Waals surface area (Å²) in [6.45, 7) is 4.28. The fourth-order valence-electron chi connectivity index (χ4n) is 2.22. The van der Waals surface area contributed by atoms with Crippen LogP contribution in [0.4, 0.5) is 0 Å². The van der Waals surface area contributed by atoms with Gasteiger partial charge in [0.1, 0.15) is 0 Å². The molecule has 0 saturated heterocycles. The van der Waals surface area contributed by atoms with Crippen LogP contribution in [-0.2, 0) is 10.0 Å². The molecule has 0 heterocycles. The highest BCUT2D eigenvalue weighted by atomic mass is 32.2. The highest BCUT2D eigenvalue weighted by Gasteiger charge is 2.27. The summed E-state index contributed by atoms with van der Waals surface area (Å²) in [6.07, 6.45) is 5.72. The summed E-state index contributed by atoms with van der Waals surface area (Å²) in [5.74, 6) is 0.233. The molecule has 0 bridgehead atoms. The van der Waals surface area contributed by atoms with Gasteiger partial charge < -0.3 is 0 Å². The molecule has 14 heavy (non-hydrogen) atoms. The van der Waals surface area contributed by atoms with Gasteiger partial charge in [0, 0.05) is 12.6 Å². The number of hydrogen-bond donors (Lipinski definition) is 0. The molecule has 3 nitrogen and oxygen atoms in total. The molecule has 0 aliphatic heterocycles. The van der Waals surface area contributed by atoms with Crippen LogP contribution in [0, 0.1) is 0 Å². The molecule has 0 radical (unpaired) electrons. The number of nitrogens with zero attached hydrogens (tertiary/aromatic N) is 1. The predicted molar refractivity (Wildman–Crippen MR) is 58.7 cm³/mol. The van der Waals surface area contributed by atoms with E-state index in [-0.39, 0.29) is 11.8 Å². The molecule has 0 aromatic rings.